The van der Waals surface area contributed by atoms with Crippen LogP contribution in [0.4, 0.5) is 13.2 Å². The molecular formula is C19H34F3IN4O. The lowest BCUT2D eigenvalue weighted by molar-refractivity contribution is -0.148. The normalized spacial score (nSPS) is 19.7. The highest BCUT2D eigenvalue weighted by atomic mass is 127. The molecule has 2 aliphatic heterocycles. The average Bonchev–Trinajstić information content (AvgIpc) is 2.63. The monoisotopic (exact) mass is 518 g/mol. The van der Waals surface area contributed by atoms with Crippen molar-refractivity contribution in [3.63, 3.8) is 0 Å². The molecule has 0 atom stereocenters. The number of likely N-dealkylation sites (tertiary alicyclic amines) is 1. The average molecular weight is 518 g/mol. The number of guanidine groups is 1. The van der Waals surface area contributed by atoms with Gasteiger partial charge in [0.05, 0.1) is 19.8 Å². The van der Waals surface area contributed by atoms with Gasteiger partial charge in [-0.05, 0) is 58.0 Å². The number of halogens is 4. The van der Waals surface area contributed by atoms with Gasteiger partial charge in [-0.3, -0.25) is 9.89 Å². The first-order valence-electron chi connectivity index (χ1n) is 10.0. The van der Waals surface area contributed by atoms with E-state index in [1.807, 2.05) is 6.92 Å². The largest absolute Gasteiger partial charge is 0.401 e. The number of piperidine rings is 1. The molecular weight excluding hydrogens is 484 g/mol. The number of aliphatic imine (C=N–C) groups is 1. The first-order chi connectivity index (χ1) is 13.0. The lowest BCUT2D eigenvalue weighted by Gasteiger charge is -2.32. The van der Waals surface area contributed by atoms with Crippen LogP contribution in [0, 0.1) is 5.92 Å². The molecule has 1 saturated heterocycles. The Balaban J connectivity index is 0.00000392. The lowest BCUT2D eigenvalue weighted by atomic mass is 9.93. The van der Waals surface area contributed by atoms with Gasteiger partial charge in [-0.1, -0.05) is 11.6 Å². The highest BCUT2D eigenvalue weighted by Crippen LogP contribution is 2.24. The maximum atomic E-state index is 12.4. The van der Waals surface area contributed by atoms with Crippen molar-refractivity contribution in [2.75, 3.05) is 52.5 Å². The third kappa shape index (κ3) is 10.8. The van der Waals surface area contributed by atoms with Crippen LogP contribution in [-0.2, 0) is 4.74 Å². The highest BCUT2D eigenvalue weighted by molar-refractivity contribution is 14.0. The van der Waals surface area contributed by atoms with Gasteiger partial charge in [-0.2, -0.15) is 13.2 Å². The minimum Gasteiger partial charge on any atom is -0.377 e. The summed E-state index contributed by atoms with van der Waals surface area (Å²) >= 11 is 0. The minimum absolute atomic E-state index is 0. The molecule has 0 bridgehead atoms. The van der Waals surface area contributed by atoms with Gasteiger partial charge in [0.2, 0.25) is 0 Å². The Hall–Kier alpha value is -0.550. The molecule has 2 heterocycles. The van der Waals surface area contributed by atoms with Crippen molar-refractivity contribution in [3.8, 4) is 0 Å². The molecule has 0 aromatic heterocycles. The minimum atomic E-state index is -4.09. The van der Waals surface area contributed by atoms with Crippen LogP contribution in [0.3, 0.4) is 0 Å². The molecule has 0 amide bonds. The number of rotatable bonds is 8. The summed E-state index contributed by atoms with van der Waals surface area (Å²) in [5.74, 6) is 1.29. The SMILES string of the molecule is CCNC(=NCCC1CCN(CC(F)(F)F)CC1)NCCC1=CCOCC1.I. The van der Waals surface area contributed by atoms with Crippen molar-refractivity contribution in [2.45, 2.75) is 45.2 Å². The topological polar surface area (TPSA) is 48.9 Å². The molecule has 0 aliphatic carbocycles. The third-order valence-electron chi connectivity index (χ3n) is 5.06. The number of hydrogen-bond acceptors (Lipinski definition) is 3. The molecule has 2 aliphatic rings. The number of nitrogens with zero attached hydrogens (tertiary/aromatic N) is 2. The van der Waals surface area contributed by atoms with E-state index in [1.54, 1.807) is 0 Å². The number of ether oxygens (including phenoxy) is 1. The summed E-state index contributed by atoms with van der Waals surface area (Å²) in [6.07, 6.45) is 2.63. The molecule has 9 heteroatoms. The van der Waals surface area contributed by atoms with Crippen LogP contribution < -0.4 is 10.6 Å². The Bertz CT molecular complexity index is 492. The van der Waals surface area contributed by atoms with Gasteiger partial charge in [0, 0.05) is 19.6 Å². The molecule has 1 fully saturated rings. The van der Waals surface area contributed by atoms with Gasteiger partial charge < -0.3 is 15.4 Å². The van der Waals surface area contributed by atoms with Crippen LogP contribution >= 0.6 is 24.0 Å². The van der Waals surface area contributed by atoms with E-state index in [-0.39, 0.29) is 24.0 Å². The Morgan fingerprint density at radius 3 is 2.64 bits per heavy atom. The number of alkyl halides is 3. The quantitative estimate of drug-likeness (QED) is 0.223. The van der Waals surface area contributed by atoms with E-state index in [9.17, 15) is 13.2 Å². The molecule has 0 aromatic carbocycles. The Morgan fingerprint density at radius 2 is 2.04 bits per heavy atom. The van der Waals surface area contributed by atoms with Gasteiger partial charge in [-0.25, -0.2) is 0 Å². The fourth-order valence-electron chi connectivity index (χ4n) is 3.52. The molecule has 2 N–H and O–H groups in total. The second-order valence-corrected chi connectivity index (χ2v) is 7.25. The van der Waals surface area contributed by atoms with Crippen LogP contribution in [0.1, 0.15) is 39.0 Å². The molecule has 0 radical (unpaired) electrons. The predicted molar refractivity (Wildman–Crippen MR) is 117 cm³/mol. The molecule has 28 heavy (non-hydrogen) atoms. The molecule has 0 unspecified atom stereocenters. The van der Waals surface area contributed by atoms with Crippen molar-refractivity contribution >= 4 is 29.9 Å². The Kier molecular flexibility index (Phi) is 12.4. The smallest absolute Gasteiger partial charge is 0.377 e. The van der Waals surface area contributed by atoms with Crippen LogP contribution in [-0.4, -0.2) is 69.5 Å². The highest BCUT2D eigenvalue weighted by Gasteiger charge is 2.32. The van der Waals surface area contributed by atoms with Crippen LogP contribution in [0.5, 0.6) is 0 Å². The second-order valence-electron chi connectivity index (χ2n) is 7.25. The van der Waals surface area contributed by atoms with Gasteiger partial charge in [0.25, 0.3) is 0 Å². The molecule has 0 aromatic rings. The summed E-state index contributed by atoms with van der Waals surface area (Å²) in [6.45, 7) is 6.19. The van der Waals surface area contributed by atoms with Crippen molar-refractivity contribution in [1.29, 1.82) is 0 Å². The number of hydrogen-bond donors (Lipinski definition) is 2. The summed E-state index contributed by atoms with van der Waals surface area (Å²) in [6, 6.07) is 0. The van der Waals surface area contributed by atoms with Crippen LogP contribution in [0.15, 0.2) is 16.6 Å². The van der Waals surface area contributed by atoms with Gasteiger partial charge in [-0.15, -0.1) is 24.0 Å². The first-order valence-corrected chi connectivity index (χ1v) is 10.0. The van der Waals surface area contributed by atoms with Crippen LogP contribution in [0.2, 0.25) is 0 Å². The van der Waals surface area contributed by atoms with Gasteiger partial charge in [0.1, 0.15) is 0 Å². The zero-order chi connectivity index (χ0) is 19.5. The third-order valence-corrected chi connectivity index (χ3v) is 5.06. The predicted octanol–water partition coefficient (Wildman–Crippen LogP) is 3.56. The van der Waals surface area contributed by atoms with Gasteiger partial charge in [0.15, 0.2) is 5.96 Å². The second kappa shape index (κ2) is 13.6. The summed E-state index contributed by atoms with van der Waals surface area (Å²) < 4.78 is 42.6. The van der Waals surface area contributed by atoms with E-state index in [1.165, 1.54) is 10.5 Å². The van der Waals surface area contributed by atoms with Crippen molar-refractivity contribution in [3.05, 3.63) is 11.6 Å². The van der Waals surface area contributed by atoms with Crippen LogP contribution in [0.25, 0.3) is 0 Å². The molecule has 5 nitrogen and oxygen atoms in total. The molecule has 0 saturated carbocycles. The first kappa shape index (κ1) is 25.5. The zero-order valence-electron chi connectivity index (χ0n) is 16.7. The fourth-order valence-corrected chi connectivity index (χ4v) is 3.52. The maximum Gasteiger partial charge on any atom is 0.401 e. The van der Waals surface area contributed by atoms with Crippen molar-refractivity contribution in [2.24, 2.45) is 10.9 Å². The van der Waals surface area contributed by atoms with Gasteiger partial charge >= 0.3 is 6.18 Å². The van der Waals surface area contributed by atoms with E-state index in [0.29, 0.717) is 32.2 Å². The van der Waals surface area contributed by atoms with E-state index in [2.05, 4.69) is 21.7 Å². The summed E-state index contributed by atoms with van der Waals surface area (Å²) in [5, 5.41) is 6.61. The van der Waals surface area contributed by atoms with E-state index in [0.717, 1.165) is 57.8 Å². The molecule has 0 spiro atoms. The lowest BCUT2D eigenvalue weighted by Crippen LogP contribution is -2.40. The van der Waals surface area contributed by atoms with E-state index in [4.69, 9.17) is 4.74 Å². The summed E-state index contributed by atoms with van der Waals surface area (Å²) in [7, 11) is 0. The van der Waals surface area contributed by atoms with E-state index < -0.39 is 12.7 Å². The Labute approximate surface area is 183 Å². The Morgan fingerprint density at radius 1 is 1.29 bits per heavy atom. The van der Waals surface area contributed by atoms with E-state index >= 15 is 0 Å². The summed E-state index contributed by atoms with van der Waals surface area (Å²) in [4.78, 5) is 6.14. The van der Waals surface area contributed by atoms with Crippen molar-refractivity contribution in [1.82, 2.24) is 15.5 Å². The number of nitrogens with one attached hydrogen (secondary N) is 2. The zero-order valence-corrected chi connectivity index (χ0v) is 19.0. The summed E-state index contributed by atoms with van der Waals surface area (Å²) in [5.41, 5.74) is 1.43. The maximum absolute atomic E-state index is 12.4. The van der Waals surface area contributed by atoms with Crippen molar-refractivity contribution < 1.29 is 17.9 Å². The molecule has 2 rings (SSSR count). The fraction of sp³-hybridized carbons (Fsp3) is 0.842. The standard InChI is InChI=1S/C19H33F3N4O.HI/c1-2-23-18(25-10-4-17-7-13-27-14-8-17)24-9-3-16-5-11-26(12-6-16)15-19(20,21)22;/h7,16H,2-6,8-15H2,1H3,(H2,23,24,25);1H. The molecule has 164 valence electrons.